The predicted molar refractivity (Wildman–Crippen MR) is 103 cm³/mol. The van der Waals surface area contributed by atoms with Crippen molar-refractivity contribution in [2.24, 2.45) is 7.05 Å². The maximum Gasteiger partial charge on any atom is 0.178 e. The highest BCUT2D eigenvalue weighted by molar-refractivity contribution is 5.48. The fourth-order valence-electron chi connectivity index (χ4n) is 4.29. The SMILES string of the molecule is Cc1nnc2ccc(N3CC(N(C)Cc4c5c(nn4C)CCCC5)C3)nn12. The molecule has 0 N–H and O–H groups in total. The van der Waals surface area contributed by atoms with Crippen LogP contribution in [0.25, 0.3) is 5.65 Å². The van der Waals surface area contributed by atoms with E-state index >= 15 is 0 Å². The minimum Gasteiger partial charge on any atom is -0.352 e. The average Bonchev–Trinajstić information content (AvgIpc) is 3.14. The van der Waals surface area contributed by atoms with E-state index in [1.54, 1.807) is 0 Å². The molecule has 5 rings (SSSR count). The lowest BCUT2D eigenvalue weighted by atomic mass is 9.95. The Morgan fingerprint density at radius 1 is 1.11 bits per heavy atom. The van der Waals surface area contributed by atoms with Gasteiger partial charge in [0.2, 0.25) is 0 Å². The second-order valence-electron chi connectivity index (χ2n) is 7.89. The largest absolute Gasteiger partial charge is 0.352 e. The lowest BCUT2D eigenvalue weighted by molar-refractivity contribution is 0.191. The third-order valence-corrected chi connectivity index (χ3v) is 6.06. The zero-order chi connectivity index (χ0) is 18.5. The molecule has 0 radical (unpaired) electrons. The summed E-state index contributed by atoms with van der Waals surface area (Å²) in [5, 5.41) is 17.6. The van der Waals surface area contributed by atoms with E-state index in [0.29, 0.717) is 6.04 Å². The Morgan fingerprint density at radius 2 is 1.93 bits per heavy atom. The summed E-state index contributed by atoms with van der Waals surface area (Å²) >= 11 is 0. The van der Waals surface area contributed by atoms with E-state index in [4.69, 9.17) is 5.10 Å². The van der Waals surface area contributed by atoms with Crippen LogP contribution in [0.1, 0.15) is 35.6 Å². The summed E-state index contributed by atoms with van der Waals surface area (Å²) in [5.74, 6) is 1.81. The van der Waals surface area contributed by atoms with Crippen molar-refractivity contribution in [1.29, 1.82) is 0 Å². The van der Waals surface area contributed by atoms with Gasteiger partial charge in [-0.25, -0.2) is 0 Å². The smallest absolute Gasteiger partial charge is 0.178 e. The molecular weight excluding hydrogens is 340 g/mol. The van der Waals surface area contributed by atoms with Crippen molar-refractivity contribution in [2.75, 3.05) is 25.0 Å². The van der Waals surface area contributed by atoms with Gasteiger partial charge in [-0.05, 0) is 57.4 Å². The van der Waals surface area contributed by atoms with Crippen molar-refractivity contribution < 1.29 is 0 Å². The van der Waals surface area contributed by atoms with Gasteiger partial charge in [0, 0.05) is 32.7 Å². The van der Waals surface area contributed by atoms with Crippen LogP contribution in [0.2, 0.25) is 0 Å². The van der Waals surface area contributed by atoms with Crippen LogP contribution in [0.5, 0.6) is 0 Å². The summed E-state index contributed by atoms with van der Waals surface area (Å²) < 4.78 is 3.92. The van der Waals surface area contributed by atoms with E-state index < -0.39 is 0 Å². The van der Waals surface area contributed by atoms with Gasteiger partial charge in [-0.1, -0.05) is 0 Å². The minimum absolute atomic E-state index is 0.540. The quantitative estimate of drug-likeness (QED) is 0.695. The van der Waals surface area contributed by atoms with Crippen LogP contribution >= 0.6 is 0 Å². The van der Waals surface area contributed by atoms with Crippen molar-refractivity contribution >= 4 is 11.5 Å². The van der Waals surface area contributed by atoms with Gasteiger partial charge in [-0.2, -0.15) is 9.61 Å². The zero-order valence-electron chi connectivity index (χ0n) is 16.3. The van der Waals surface area contributed by atoms with Crippen LogP contribution in [0.3, 0.4) is 0 Å². The van der Waals surface area contributed by atoms with E-state index in [1.165, 1.54) is 36.2 Å². The first-order valence-corrected chi connectivity index (χ1v) is 9.78. The molecule has 1 saturated heterocycles. The summed E-state index contributed by atoms with van der Waals surface area (Å²) in [4.78, 5) is 4.78. The number of aromatic nitrogens is 6. The van der Waals surface area contributed by atoms with Crippen LogP contribution < -0.4 is 4.90 Å². The number of anilines is 1. The number of likely N-dealkylation sites (N-methyl/N-ethyl adjacent to an activating group) is 1. The molecule has 4 heterocycles. The summed E-state index contributed by atoms with van der Waals surface area (Å²) in [7, 11) is 4.32. The topological polar surface area (TPSA) is 67.4 Å². The molecule has 8 heteroatoms. The van der Waals surface area contributed by atoms with E-state index in [-0.39, 0.29) is 0 Å². The molecule has 0 saturated carbocycles. The van der Waals surface area contributed by atoms with Crippen molar-refractivity contribution in [1.82, 2.24) is 34.5 Å². The third-order valence-electron chi connectivity index (χ3n) is 6.06. The Kier molecular flexibility index (Phi) is 3.89. The number of rotatable bonds is 4. The summed E-state index contributed by atoms with van der Waals surface area (Å²) in [6, 6.07) is 4.57. The van der Waals surface area contributed by atoms with Gasteiger partial charge < -0.3 is 4.90 Å². The molecule has 1 aliphatic heterocycles. The molecule has 0 aromatic carbocycles. The van der Waals surface area contributed by atoms with Gasteiger partial charge in [-0.15, -0.1) is 15.3 Å². The summed E-state index contributed by atoms with van der Waals surface area (Å²) in [6.45, 7) is 4.89. The molecule has 0 atom stereocenters. The summed E-state index contributed by atoms with van der Waals surface area (Å²) in [6.07, 6.45) is 4.90. The Bertz CT molecular complexity index is 981. The first-order valence-electron chi connectivity index (χ1n) is 9.78. The van der Waals surface area contributed by atoms with Gasteiger partial charge in [0.15, 0.2) is 11.5 Å². The average molecular weight is 366 g/mol. The standard InChI is InChI=1S/C19H26N8/c1-13-20-21-18-8-9-19(23-27(13)18)26-10-14(11-26)24(2)12-17-15-6-4-5-7-16(15)22-25(17)3/h8-9,14H,4-7,10-12H2,1-3H3. The minimum atomic E-state index is 0.540. The molecule has 2 aliphatic rings. The highest BCUT2D eigenvalue weighted by atomic mass is 15.4. The second kappa shape index (κ2) is 6.30. The maximum atomic E-state index is 4.76. The predicted octanol–water partition coefficient (Wildman–Crippen LogP) is 1.37. The highest BCUT2D eigenvalue weighted by Crippen LogP contribution is 2.27. The third kappa shape index (κ3) is 2.79. The van der Waals surface area contributed by atoms with Crippen molar-refractivity contribution in [3.63, 3.8) is 0 Å². The van der Waals surface area contributed by atoms with E-state index in [1.807, 2.05) is 23.6 Å². The monoisotopic (exact) mass is 366 g/mol. The van der Waals surface area contributed by atoms with E-state index in [9.17, 15) is 0 Å². The first-order chi connectivity index (χ1) is 13.1. The molecule has 142 valence electrons. The number of aryl methyl sites for hydroxylation is 3. The second-order valence-corrected chi connectivity index (χ2v) is 7.89. The van der Waals surface area contributed by atoms with Crippen LogP contribution in [0.15, 0.2) is 12.1 Å². The van der Waals surface area contributed by atoms with Crippen LogP contribution in [-0.4, -0.2) is 60.7 Å². The maximum absolute atomic E-state index is 4.76. The van der Waals surface area contributed by atoms with Crippen LogP contribution in [-0.2, 0) is 26.4 Å². The van der Waals surface area contributed by atoms with Crippen molar-refractivity contribution in [3.05, 3.63) is 34.9 Å². The zero-order valence-corrected chi connectivity index (χ0v) is 16.3. The molecule has 0 unspecified atom stereocenters. The highest BCUT2D eigenvalue weighted by Gasteiger charge is 2.32. The normalized spacial score (nSPS) is 17.6. The Hall–Kier alpha value is -2.48. The Labute approximate surface area is 158 Å². The van der Waals surface area contributed by atoms with Crippen LogP contribution in [0, 0.1) is 6.92 Å². The fourth-order valence-corrected chi connectivity index (χ4v) is 4.29. The van der Waals surface area contributed by atoms with Gasteiger partial charge in [0.1, 0.15) is 5.82 Å². The van der Waals surface area contributed by atoms with Gasteiger partial charge >= 0.3 is 0 Å². The molecule has 0 amide bonds. The van der Waals surface area contributed by atoms with E-state index in [2.05, 4.69) is 43.9 Å². The molecule has 3 aromatic rings. The Balaban J connectivity index is 1.26. The first kappa shape index (κ1) is 16.7. The molecule has 1 fully saturated rings. The molecule has 1 aliphatic carbocycles. The van der Waals surface area contributed by atoms with Crippen LogP contribution in [0.4, 0.5) is 5.82 Å². The lowest BCUT2D eigenvalue weighted by Gasteiger charge is -2.44. The van der Waals surface area contributed by atoms with Crippen molar-refractivity contribution in [2.45, 2.75) is 45.2 Å². The van der Waals surface area contributed by atoms with E-state index in [0.717, 1.165) is 43.3 Å². The molecule has 3 aromatic heterocycles. The molecule has 8 nitrogen and oxygen atoms in total. The number of hydrogen-bond acceptors (Lipinski definition) is 6. The number of nitrogens with zero attached hydrogens (tertiary/aromatic N) is 8. The Morgan fingerprint density at radius 3 is 2.78 bits per heavy atom. The lowest BCUT2D eigenvalue weighted by Crippen LogP contribution is -2.58. The molecular formula is C19H26N8. The fraction of sp³-hybridized carbons (Fsp3) is 0.579. The van der Waals surface area contributed by atoms with Gasteiger partial charge in [0.25, 0.3) is 0 Å². The molecule has 27 heavy (non-hydrogen) atoms. The molecule has 0 spiro atoms. The van der Waals surface area contributed by atoms with Gasteiger partial charge in [-0.3, -0.25) is 9.58 Å². The van der Waals surface area contributed by atoms with Crippen molar-refractivity contribution in [3.8, 4) is 0 Å². The van der Waals surface area contributed by atoms with Gasteiger partial charge in [0.05, 0.1) is 11.4 Å². The number of hydrogen-bond donors (Lipinski definition) is 0. The molecule has 0 bridgehead atoms. The summed E-state index contributed by atoms with van der Waals surface area (Å²) in [5.41, 5.74) is 5.02. The number of fused-ring (bicyclic) bond motifs is 2.